The predicted molar refractivity (Wildman–Crippen MR) is 72.1 cm³/mol. The fourth-order valence-electron chi connectivity index (χ4n) is 3.77. The van der Waals surface area contributed by atoms with E-state index < -0.39 is 5.75 Å². The van der Waals surface area contributed by atoms with E-state index in [1.807, 2.05) is 0 Å². The lowest BCUT2D eigenvalue weighted by Gasteiger charge is -2.22. The molecule has 2 fully saturated rings. The molecule has 0 heterocycles. The molecule has 3 unspecified atom stereocenters. The normalized spacial score (nSPS) is 28.9. The highest BCUT2D eigenvalue weighted by Crippen LogP contribution is 2.48. The van der Waals surface area contributed by atoms with Crippen molar-refractivity contribution in [3.8, 4) is 17.2 Å². The van der Waals surface area contributed by atoms with Crippen molar-refractivity contribution < 1.29 is 15.3 Å². The van der Waals surface area contributed by atoms with Crippen molar-refractivity contribution in [2.75, 3.05) is 6.54 Å². The van der Waals surface area contributed by atoms with E-state index in [2.05, 4.69) is 5.32 Å². The van der Waals surface area contributed by atoms with Gasteiger partial charge in [0, 0.05) is 12.1 Å². The number of benzene rings is 1. The van der Waals surface area contributed by atoms with Crippen LogP contribution < -0.4 is 5.32 Å². The summed E-state index contributed by atoms with van der Waals surface area (Å²) in [6.45, 7) is 1.50. The molecule has 4 heteroatoms. The summed E-state index contributed by atoms with van der Waals surface area (Å²) >= 11 is 0. The molecular weight excluding hydrogens is 242 g/mol. The second-order valence-corrected chi connectivity index (χ2v) is 6.01. The van der Waals surface area contributed by atoms with E-state index in [1.165, 1.54) is 31.7 Å². The van der Waals surface area contributed by atoms with Gasteiger partial charge in [-0.3, -0.25) is 0 Å². The van der Waals surface area contributed by atoms with Crippen molar-refractivity contribution in [1.29, 1.82) is 0 Å². The summed E-state index contributed by atoms with van der Waals surface area (Å²) in [6, 6.07) is 3.04. The number of phenolic OH excluding ortho intramolecular Hbond substituents is 3. The molecule has 4 nitrogen and oxygen atoms in total. The first-order valence-corrected chi connectivity index (χ1v) is 7.08. The zero-order valence-corrected chi connectivity index (χ0v) is 11.0. The minimum Gasteiger partial charge on any atom is -0.504 e. The van der Waals surface area contributed by atoms with Crippen molar-refractivity contribution >= 4 is 0 Å². The Balaban J connectivity index is 1.54. The van der Waals surface area contributed by atoms with E-state index in [0.717, 1.165) is 24.3 Å². The molecule has 0 aliphatic heterocycles. The van der Waals surface area contributed by atoms with Gasteiger partial charge in [-0.2, -0.15) is 0 Å². The van der Waals surface area contributed by atoms with Crippen LogP contribution in [0.2, 0.25) is 0 Å². The van der Waals surface area contributed by atoms with Crippen LogP contribution >= 0.6 is 0 Å². The van der Waals surface area contributed by atoms with E-state index in [-0.39, 0.29) is 11.5 Å². The Morgan fingerprint density at radius 1 is 1.05 bits per heavy atom. The number of hydrogen-bond acceptors (Lipinski definition) is 4. The number of nitrogens with one attached hydrogen (secondary N) is 1. The topological polar surface area (TPSA) is 72.7 Å². The zero-order chi connectivity index (χ0) is 13.4. The summed E-state index contributed by atoms with van der Waals surface area (Å²) < 4.78 is 0. The number of phenols is 3. The van der Waals surface area contributed by atoms with Crippen LogP contribution in [0.5, 0.6) is 17.2 Å². The standard InChI is InChI=1S/C15H21NO3/c17-13-4-3-11(14(18)15(13)19)7-16-8-12-6-9-1-2-10(12)5-9/h3-4,9-10,12,16-19H,1-2,5-8H2. The minimum absolute atomic E-state index is 0.222. The van der Waals surface area contributed by atoms with Crippen LogP contribution in [0.25, 0.3) is 0 Å². The van der Waals surface area contributed by atoms with Gasteiger partial charge in [-0.25, -0.2) is 0 Å². The quantitative estimate of drug-likeness (QED) is 0.629. The van der Waals surface area contributed by atoms with Gasteiger partial charge in [0.25, 0.3) is 0 Å². The lowest BCUT2D eigenvalue weighted by Crippen LogP contribution is -2.26. The molecule has 4 N–H and O–H groups in total. The lowest BCUT2D eigenvalue weighted by molar-refractivity contribution is 0.317. The van der Waals surface area contributed by atoms with Gasteiger partial charge in [0.15, 0.2) is 11.5 Å². The summed E-state index contributed by atoms with van der Waals surface area (Å²) in [5.74, 6) is 1.67. The summed E-state index contributed by atoms with van der Waals surface area (Å²) in [7, 11) is 0. The van der Waals surface area contributed by atoms with Gasteiger partial charge in [0.05, 0.1) is 0 Å². The molecule has 3 atom stereocenters. The molecule has 0 amide bonds. The SMILES string of the molecule is Oc1ccc(CNCC2CC3CCC2C3)c(O)c1O. The average Bonchev–Trinajstić information content (AvgIpc) is 3.01. The summed E-state index contributed by atoms with van der Waals surface area (Å²) in [4.78, 5) is 0. The number of hydrogen-bond donors (Lipinski definition) is 4. The van der Waals surface area contributed by atoms with Crippen LogP contribution in [-0.4, -0.2) is 21.9 Å². The molecule has 0 spiro atoms. The summed E-state index contributed by atoms with van der Waals surface area (Å²) in [6.07, 6.45) is 5.53. The first-order valence-electron chi connectivity index (χ1n) is 7.08. The Hall–Kier alpha value is -1.42. The third-order valence-corrected chi connectivity index (χ3v) is 4.82. The van der Waals surface area contributed by atoms with Crippen molar-refractivity contribution in [2.24, 2.45) is 17.8 Å². The number of aromatic hydroxyl groups is 3. The second-order valence-electron chi connectivity index (χ2n) is 6.01. The fourth-order valence-corrected chi connectivity index (χ4v) is 3.77. The molecule has 1 aromatic carbocycles. The summed E-state index contributed by atoms with van der Waals surface area (Å²) in [5.41, 5.74) is 0.624. The number of fused-ring (bicyclic) bond motifs is 2. The number of rotatable bonds is 4. The van der Waals surface area contributed by atoms with Crippen LogP contribution in [-0.2, 0) is 6.54 Å². The van der Waals surface area contributed by atoms with Gasteiger partial charge >= 0.3 is 0 Å². The third-order valence-electron chi connectivity index (χ3n) is 4.82. The van der Waals surface area contributed by atoms with Crippen LogP contribution in [0.4, 0.5) is 0 Å². The molecule has 0 saturated heterocycles. The first-order chi connectivity index (χ1) is 9.15. The van der Waals surface area contributed by atoms with Gasteiger partial charge in [0.2, 0.25) is 5.75 Å². The first kappa shape index (κ1) is 12.6. The second kappa shape index (κ2) is 4.93. The highest BCUT2D eigenvalue weighted by molar-refractivity contribution is 5.52. The molecule has 3 rings (SSSR count). The lowest BCUT2D eigenvalue weighted by atomic mass is 9.89. The fraction of sp³-hybridized carbons (Fsp3) is 0.600. The van der Waals surface area contributed by atoms with Gasteiger partial charge < -0.3 is 20.6 Å². The Kier molecular flexibility index (Phi) is 3.27. The zero-order valence-electron chi connectivity index (χ0n) is 11.0. The van der Waals surface area contributed by atoms with E-state index in [4.69, 9.17) is 0 Å². The highest BCUT2D eigenvalue weighted by Gasteiger charge is 2.38. The van der Waals surface area contributed by atoms with Gasteiger partial charge in [0.1, 0.15) is 0 Å². The molecular formula is C15H21NO3. The van der Waals surface area contributed by atoms with Gasteiger partial charge in [-0.05, 0) is 49.6 Å². The van der Waals surface area contributed by atoms with Crippen molar-refractivity contribution in [1.82, 2.24) is 5.32 Å². The van der Waals surface area contributed by atoms with E-state index >= 15 is 0 Å². The minimum atomic E-state index is -0.431. The highest BCUT2D eigenvalue weighted by atomic mass is 16.3. The Morgan fingerprint density at radius 2 is 1.89 bits per heavy atom. The monoisotopic (exact) mass is 263 g/mol. The molecule has 104 valence electrons. The average molecular weight is 263 g/mol. The molecule has 0 aromatic heterocycles. The van der Waals surface area contributed by atoms with Crippen molar-refractivity contribution in [3.05, 3.63) is 17.7 Å². The van der Waals surface area contributed by atoms with Crippen molar-refractivity contribution in [3.63, 3.8) is 0 Å². The van der Waals surface area contributed by atoms with Crippen LogP contribution in [0.3, 0.4) is 0 Å². The maximum atomic E-state index is 9.73. The smallest absolute Gasteiger partial charge is 0.200 e. The van der Waals surface area contributed by atoms with Crippen LogP contribution in [0.15, 0.2) is 12.1 Å². The van der Waals surface area contributed by atoms with E-state index in [0.29, 0.717) is 12.1 Å². The van der Waals surface area contributed by atoms with Gasteiger partial charge in [-0.1, -0.05) is 12.5 Å². The molecule has 2 aliphatic carbocycles. The van der Waals surface area contributed by atoms with Crippen LogP contribution in [0, 0.1) is 17.8 Å². The Labute approximate surface area is 113 Å². The molecule has 2 aliphatic rings. The Bertz CT molecular complexity index is 475. The summed E-state index contributed by atoms with van der Waals surface area (Å²) in [5, 5.41) is 31.8. The van der Waals surface area contributed by atoms with E-state index in [9.17, 15) is 15.3 Å². The van der Waals surface area contributed by atoms with Crippen LogP contribution in [0.1, 0.15) is 31.2 Å². The predicted octanol–water partition coefficient (Wildman–Crippen LogP) is 2.33. The maximum absolute atomic E-state index is 9.73. The molecule has 2 saturated carbocycles. The third kappa shape index (κ3) is 2.37. The van der Waals surface area contributed by atoms with Crippen molar-refractivity contribution in [2.45, 2.75) is 32.2 Å². The maximum Gasteiger partial charge on any atom is 0.200 e. The molecule has 0 radical (unpaired) electrons. The molecule has 19 heavy (non-hydrogen) atoms. The van der Waals surface area contributed by atoms with E-state index in [1.54, 1.807) is 6.07 Å². The van der Waals surface area contributed by atoms with Gasteiger partial charge in [-0.15, -0.1) is 0 Å². The molecule has 1 aromatic rings. The molecule has 2 bridgehead atoms. The largest absolute Gasteiger partial charge is 0.504 e. The Morgan fingerprint density at radius 3 is 2.58 bits per heavy atom.